The molecule has 0 aromatic heterocycles. The van der Waals surface area contributed by atoms with E-state index in [1.165, 1.54) is 0 Å². The van der Waals surface area contributed by atoms with Crippen LogP contribution >= 0.6 is 0 Å². The van der Waals surface area contributed by atoms with Crippen LogP contribution in [0, 0.1) is 6.92 Å². The quantitative estimate of drug-likeness (QED) is 0.803. The number of hydrogen-bond donors (Lipinski definition) is 0. The molecule has 1 aromatic carbocycles. The molecule has 0 radical (unpaired) electrons. The van der Waals surface area contributed by atoms with Crippen molar-refractivity contribution >= 4 is 5.78 Å². The molecule has 2 heterocycles. The van der Waals surface area contributed by atoms with Crippen molar-refractivity contribution in [2.45, 2.75) is 44.8 Å². The van der Waals surface area contributed by atoms with Crippen molar-refractivity contribution in [2.24, 2.45) is 0 Å². The summed E-state index contributed by atoms with van der Waals surface area (Å²) < 4.78 is 17.6. The van der Waals surface area contributed by atoms with Gasteiger partial charge in [0.1, 0.15) is 11.9 Å². The van der Waals surface area contributed by atoms with E-state index in [1.807, 2.05) is 25.1 Å². The van der Waals surface area contributed by atoms with Gasteiger partial charge in [-0.1, -0.05) is 0 Å². The molecule has 2 saturated heterocycles. The van der Waals surface area contributed by atoms with Crippen LogP contribution in [0.2, 0.25) is 0 Å². The largest absolute Gasteiger partial charge is 0.490 e. The number of carbonyl (C=O) groups excluding carboxylic acids is 1. The lowest BCUT2D eigenvalue weighted by Gasteiger charge is -2.37. The lowest BCUT2D eigenvalue weighted by Crippen LogP contribution is -2.44. The molecule has 2 aliphatic heterocycles. The molecule has 2 fully saturated rings. The number of carbonyl (C=O) groups is 1. The Morgan fingerprint density at radius 2 is 2.24 bits per heavy atom. The maximum absolute atomic E-state index is 11.4. The molecule has 1 spiro atoms. The summed E-state index contributed by atoms with van der Waals surface area (Å²) in [5.74, 6) is 0.943. The Hall–Kier alpha value is -1.39. The molecule has 3 rings (SSSR count). The molecule has 2 atom stereocenters. The van der Waals surface area contributed by atoms with E-state index in [2.05, 4.69) is 0 Å². The van der Waals surface area contributed by atoms with Crippen LogP contribution < -0.4 is 4.74 Å². The third-order valence-electron chi connectivity index (χ3n) is 4.39. The summed E-state index contributed by atoms with van der Waals surface area (Å²) in [5, 5.41) is 0. The van der Waals surface area contributed by atoms with Crippen molar-refractivity contribution in [1.29, 1.82) is 0 Å². The zero-order chi connectivity index (χ0) is 14.9. The Bertz CT molecular complexity index is 532. The predicted molar refractivity (Wildman–Crippen MR) is 79.0 cm³/mol. The average Bonchev–Trinajstić information content (AvgIpc) is 2.89. The van der Waals surface area contributed by atoms with Crippen molar-refractivity contribution in [3.05, 3.63) is 29.3 Å². The molecule has 0 saturated carbocycles. The fourth-order valence-electron chi connectivity index (χ4n) is 3.13. The van der Waals surface area contributed by atoms with Gasteiger partial charge in [-0.3, -0.25) is 4.79 Å². The standard InChI is InChI=1S/C17H22O4/c1-12-9-14(13(2)18)3-4-16(12)21-15-5-7-20-17(10-15)6-8-19-11-17/h3-4,9,15H,5-8,10-11H2,1-2H3. The lowest BCUT2D eigenvalue weighted by atomic mass is 9.91. The summed E-state index contributed by atoms with van der Waals surface area (Å²) >= 11 is 0. The first kappa shape index (κ1) is 14.5. The highest BCUT2D eigenvalue weighted by Gasteiger charge is 2.41. The van der Waals surface area contributed by atoms with Crippen LogP contribution in [0.4, 0.5) is 0 Å². The molecule has 21 heavy (non-hydrogen) atoms. The maximum atomic E-state index is 11.4. The van der Waals surface area contributed by atoms with Gasteiger partial charge < -0.3 is 14.2 Å². The van der Waals surface area contributed by atoms with E-state index < -0.39 is 0 Å². The second kappa shape index (κ2) is 5.78. The lowest BCUT2D eigenvalue weighted by molar-refractivity contribution is -0.112. The maximum Gasteiger partial charge on any atom is 0.159 e. The Balaban J connectivity index is 1.70. The minimum atomic E-state index is -0.143. The number of aryl methyl sites for hydroxylation is 1. The van der Waals surface area contributed by atoms with Crippen molar-refractivity contribution in [3.8, 4) is 5.75 Å². The van der Waals surface area contributed by atoms with Crippen LogP contribution in [0.3, 0.4) is 0 Å². The van der Waals surface area contributed by atoms with Crippen molar-refractivity contribution in [1.82, 2.24) is 0 Å². The Morgan fingerprint density at radius 3 is 2.90 bits per heavy atom. The average molecular weight is 290 g/mol. The van der Waals surface area contributed by atoms with E-state index in [9.17, 15) is 4.79 Å². The van der Waals surface area contributed by atoms with E-state index in [-0.39, 0.29) is 17.5 Å². The van der Waals surface area contributed by atoms with E-state index in [0.29, 0.717) is 6.61 Å². The second-order valence-corrected chi connectivity index (χ2v) is 6.10. The fraction of sp³-hybridized carbons (Fsp3) is 0.588. The van der Waals surface area contributed by atoms with Gasteiger partial charge in [0.05, 0.1) is 18.8 Å². The molecule has 0 bridgehead atoms. The minimum absolute atomic E-state index is 0.0813. The minimum Gasteiger partial charge on any atom is -0.490 e. The van der Waals surface area contributed by atoms with Crippen LogP contribution in [0.1, 0.15) is 42.1 Å². The van der Waals surface area contributed by atoms with Crippen molar-refractivity contribution < 1.29 is 19.0 Å². The Labute approximate surface area is 125 Å². The van der Waals surface area contributed by atoms with E-state index >= 15 is 0 Å². The zero-order valence-corrected chi connectivity index (χ0v) is 12.7. The normalized spacial score (nSPS) is 28.8. The van der Waals surface area contributed by atoms with Crippen molar-refractivity contribution in [2.75, 3.05) is 19.8 Å². The second-order valence-electron chi connectivity index (χ2n) is 6.10. The van der Waals surface area contributed by atoms with Gasteiger partial charge in [-0.25, -0.2) is 0 Å². The Morgan fingerprint density at radius 1 is 1.38 bits per heavy atom. The van der Waals surface area contributed by atoms with Crippen LogP contribution in [0.5, 0.6) is 5.75 Å². The molecule has 2 aliphatic rings. The first-order valence-corrected chi connectivity index (χ1v) is 7.58. The highest BCUT2D eigenvalue weighted by Crippen LogP contribution is 2.35. The van der Waals surface area contributed by atoms with Gasteiger partial charge >= 0.3 is 0 Å². The third-order valence-corrected chi connectivity index (χ3v) is 4.39. The van der Waals surface area contributed by atoms with Gasteiger partial charge in [0.15, 0.2) is 5.78 Å². The molecule has 0 N–H and O–H groups in total. The van der Waals surface area contributed by atoms with Crippen LogP contribution in [-0.2, 0) is 9.47 Å². The summed E-state index contributed by atoms with van der Waals surface area (Å²) in [5.41, 5.74) is 1.59. The van der Waals surface area contributed by atoms with E-state index in [1.54, 1.807) is 6.92 Å². The van der Waals surface area contributed by atoms with E-state index in [0.717, 1.165) is 49.4 Å². The predicted octanol–water partition coefficient (Wildman–Crippen LogP) is 2.91. The molecule has 2 unspecified atom stereocenters. The highest BCUT2D eigenvalue weighted by molar-refractivity contribution is 5.94. The molecular weight excluding hydrogens is 268 g/mol. The number of Topliss-reactive ketones (excluding diaryl/α,β-unsaturated/α-hetero) is 1. The van der Waals surface area contributed by atoms with Gasteiger partial charge in [-0.15, -0.1) is 0 Å². The number of ketones is 1. The number of hydrogen-bond acceptors (Lipinski definition) is 4. The molecule has 0 amide bonds. The summed E-state index contributed by atoms with van der Waals surface area (Å²) in [6, 6.07) is 5.63. The van der Waals surface area contributed by atoms with Crippen LogP contribution in [-0.4, -0.2) is 37.3 Å². The Kier molecular flexibility index (Phi) is 4.00. The topological polar surface area (TPSA) is 44.8 Å². The first-order chi connectivity index (χ1) is 10.1. The number of ether oxygens (including phenoxy) is 3. The monoisotopic (exact) mass is 290 g/mol. The number of rotatable bonds is 3. The van der Waals surface area contributed by atoms with Gasteiger partial charge in [0, 0.05) is 31.4 Å². The highest BCUT2D eigenvalue weighted by atomic mass is 16.6. The molecule has 114 valence electrons. The van der Waals surface area contributed by atoms with Gasteiger partial charge in [-0.05, 0) is 37.6 Å². The first-order valence-electron chi connectivity index (χ1n) is 7.58. The van der Waals surface area contributed by atoms with Gasteiger partial charge in [0.25, 0.3) is 0 Å². The SMILES string of the molecule is CC(=O)c1ccc(OC2CCOC3(CCOC3)C2)c(C)c1. The van der Waals surface area contributed by atoms with Gasteiger partial charge in [-0.2, -0.15) is 0 Å². The van der Waals surface area contributed by atoms with Crippen molar-refractivity contribution in [3.63, 3.8) is 0 Å². The molecule has 1 aromatic rings. The fourth-order valence-corrected chi connectivity index (χ4v) is 3.13. The van der Waals surface area contributed by atoms with E-state index in [4.69, 9.17) is 14.2 Å². The third kappa shape index (κ3) is 3.11. The smallest absolute Gasteiger partial charge is 0.159 e. The zero-order valence-electron chi connectivity index (χ0n) is 12.7. The van der Waals surface area contributed by atoms with Crippen LogP contribution in [0.25, 0.3) is 0 Å². The summed E-state index contributed by atoms with van der Waals surface area (Å²) in [6.07, 6.45) is 2.88. The summed E-state index contributed by atoms with van der Waals surface area (Å²) in [7, 11) is 0. The molecule has 0 aliphatic carbocycles. The summed E-state index contributed by atoms with van der Waals surface area (Å²) in [4.78, 5) is 11.4. The molecule has 4 nitrogen and oxygen atoms in total. The summed E-state index contributed by atoms with van der Waals surface area (Å²) in [6.45, 7) is 5.74. The van der Waals surface area contributed by atoms with Crippen LogP contribution in [0.15, 0.2) is 18.2 Å². The van der Waals surface area contributed by atoms with Gasteiger partial charge in [0.2, 0.25) is 0 Å². The molecular formula is C17H22O4. The number of benzene rings is 1. The molecule has 4 heteroatoms.